The monoisotopic (exact) mass is 412 g/mol. The number of fused-ring (bicyclic) bond motifs is 1. The average molecular weight is 413 g/mol. The van der Waals surface area contributed by atoms with Gasteiger partial charge in [-0.3, -0.25) is 4.79 Å². The molecule has 0 saturated heterocycles. The lowest BCUT2D eigenvalue weighted by molar-refractivity contribution is -0.105. The minimum Gasteiger partial charge on any atom is -0.391 e. The van der Waals surface area contributed by atoms with Gasteiger partial charge >= 0.3 is 0 Å². The Labute approximate surface area is 161 Å². The fourth-order valence-corrected chi connectivity index (χ4v) is 4.31. The lowest BCUT2D eigenvalue weighted by Crippen LogP contribution is -2.56. The summed E-state index contributed by atoms with van der Waals surface area (Å²) in [6.45, 7) is 0. The molecule has 3 heterocycles. The van der Waals surface area contributed by atoms with Crippen LogP contribution < -0.4 is 5.32 Å². The Hall–Kier alpha value is -2.10. The van der Waals surface area contributed by atoms with Crippen molar-refractivity contribution in [3.05, 3.63) is 39.9 Å². The first-order valence-electron chi connectivity index (χ1n) is 8.32. The minimum atomic E-state index is -3.17. The molecule has 3 aromatic rings. The zero-order valence-corrected chi connectivity index (χ0v) is 15.5. The van der Waals surface area contributed by atoms with Crippen LogP contribution >= 0.6 is 22.9 Å². The van der Waals surface area contributed by atoms with Crippen LogP contribution in [0.3, 0.4) is 0 Å². The maximum atomic E-state index is 14.0. The standard InChI is InChI=1S/C17H15ClF2N4O2S/c18-14-12(9-8-21-24-7-2-1-4-10(9)24)22-16(27-14)15(26)23-13-11(25)5-3-6-17(13,19)20/h1-2,4,7-8,11,13,25H,3,5-6H2,(H,23,26). The molecule has 1 saturated carbocycles. The fourth-order valence-electron chi connectivity index (χ4n) is 3.24. The van der Waals surface area contributed by atoms with E-state index in [4.69, 9.17) is 11.6 Å². The average Bonchev–Trinajstić information content (AvgIpc) is 3.21. The Bertz CT molecular complexity index is 1010. The number of aliphatic hydroxyl groups excluding tert-OH is 1. The van der Waals surface area contributed by atoms with Crippen molar-refractivity contribution in [2.75, 3.05) is 0 Å². The Morgan fingerprint density at radius 3 is 3.04 bits per heavy atom. The maximum absolute atomic E-state index is 14.0. The molecule has 1 amide bonds. The summed E-state index contributed by atoms with van der Waals surface area (Å²) in [5.41, 5.74) is 1.76. The molecule has 1 aliphatic carbocycles. The van der Waals surface area contributed by atoms with E-state index < -0.39 is 24.0 Å². The first-order chi connectivity index (χ1) is 12.9. The van der Waals surface area contributed by atoms with Crippen LogP contribution in [0.5, 0.6) is 0 Å². The molecule has 6 nitrogen and oxygen atoms in total. The molecule has 0 spiro atoms. The van der Waals surface area contributed by atoms with Gasteiger partial charge in [-0.15, -0.1) is 0 Å². The summed E-state index contributed by atoms with van der Waals surface area (Å²) in [7, 11) is 0. The highest BCUT2D eigenvalue weighted by molar-refractivity contribution is 7.18. The van der Waals surface area contributed by atoms with E-state index in [1.165, 1.54) is 0 Å². The number of amides is 1. The Kier molecular flexibility index (Phi) is 4.61. The topological polar surface area (TPSA) is 79.5 Å². The Morgan fingerprint density at radius 2 is 2.26 bits per heavy atom. The van der Waals surface area contributed by atoms with Crippen molar-refractivity contribution in [2.24, 2.45) is 0 Å². The molecule has 2 atom stereocenters. The predicted octanol–water partition coefficient (Wildman–Crippen LogP) is 3.39. The fraction of sp³-hybridized carbons (Fsp3) is 0.353. The number of thiazole rings is 1. The Balaban J connectivity index is 1.62. The number of pyridine rings is 1. The normalized spacial score (nSPS) is 22.1. The van der Waals surface area contributed by atoms with Crippen molar-refractivity contribution in [2.45, 2.75) is 37.3 Å². The van der Waals surface area contributed by atoms with Crippen molar-refractivity contribution in [3.8, 4) is 11.3 Å². The van der Waals surface area contributed by atoms with Crippen molar-refractivity contribution in [3.63, 3.8) is 0 Å². The van der Waals surface area contributed by atoms with Gasteiger partial charge in [0.25, 0.3) is 11.8 Å². The van der Waals surface area contributed by atoms with Gasteiger partial charge in [0, 0.05) is 18.2 Å². The van der Waals surface area contributed by atoms with Crippen molar-refractivity contribution >= 4 is 34.4 Å². The summed E-state index contributed by atoms with van der Waals surface area (Å²) in [6, 6.07) is 3.85. The largest absolute Gasteiger partial charge is 0.391 e. The molecule has 0 aromatic carbocycles. The highest BCUT2D eigenvalue weighted by Gasteiger charge is 2.47. The number of hydrogen-bond acceptors (Lipinski definition) is 5. The molecule has 3 aromatic heterocycles. The van der Waals surface area contributed by atoms with Gasteiger partial charge in [-0.1, -0.05) is 29.0 Å². The lowest BCUT2D eigenvalue weighted by Gasteiger charge is -2.35. The van der Waals surface area contributed by atoms with Crippen LogP contribution in [-0.4, -0.2) is 43.7 Å². The molecule has 27 heavy (non-hydrogen) atoms. The number of hydrogen-bond donors (Lipinski definition) is 2. The zero-order chi connectivity index (χ0) is 19.2. The lowest BCUT2D eigenvalue weighted by atomic mass is 9.89. The number of aliphatic hydroxyl groups is 1. The van der Waals surface area contributed by atoms with Gasteiger partial charge in [-0.2, -0.15) is 5.10 Å². The second kappa shape index (κ2) is 6.81. The first-order valence-corrected chi connectivity index (χ1v) is 9.52. The van der Waals surface area contributed by atoms with E-state index in [9.17, 15) is 18.7 Å². The number of halogens is 3. The van der Waals surface area contributed by atoms with E-state index in [0.29, 0.717) is 11.3 Å². The van der Waals surface area contributed by atoms with E-state index in [1.54, 1.807) is 16.9 Å². The van der Waals surface area contributed by atoms with Crippen LogP contribution in [0.4, 0.5) is 8.78 Å². The quantitative estimate of drug-likeness (QED) is 0.691. The molecule has 0 aliphatic heterocycles. The van der Waals surface area contributed by atoms with Gasteiger partial charge in [-0.25, -0.2) is 18.3 Å². The van der Waals surface area contributed by atoms with Crippen molar-refractivity contribution < 1.29 is 18.7 Å². The summed E-state index contributed by atoms with van der Waals surface area (Å²) in [6.07, 6.45) is 2.10. The summed E-state index contributed by atoms with van der Waals surface area (Å²) in [5, 5.41) is 16.3. The predicted molar refractivity (Wildman–Crippen MR) is 97.4 cm³/mol. The summed E-state index contributed by atoms with van der Waals surface area (Å²) < 4.78 is 30.0. The smallest absolute Gasteiger partial charge is 0.280 e. The van der Waals surface area contributed by atoms with Crippen LogP contribution in [0.2, 0.25) is 4.34 Å². The second-order valence-corrected chi connectivity index (χ2v) is 8.00. The third-order valence-electron chi connectivity index (χ3n) is 4.60. The molecule has 2 unspecified atom stereocenters. The van der Waals surface area contributed by atoms with E-state index in [-0.39, 0.29) is 28.6 Å². The number of nitrogens with zero attached hydrogens (tertiary/aromatic N) is 3. The van der Waals surface area contributed by atoms with Crippen LogP contribution in [0.1, 0.15) is 29.1 Å². The molecule has 0 bridgehead atoms. The zero-order valence-electron chi connectivity index (χ0n) is 13.9. The van der Waals surface area contributed by atoms with Crippen molar-refractivity contribution in [1.29, 1.82) is 0 Å². The second-order valence-electron chi connectivity index (χ2n) is 6.40. The van der Waals surface area contributed by atoms with Crippen LogP contribution in [0.25, 0.3) is 16.8 Å². The van der Waals surface area contributed by atoms with Gasteiger partial charge in [0.05, 0.1) is 17.8 Å². The van der Waals surface area contributed by atoms with Crippen LogP contribution in [0, 0.1) is 0 Å². The molecular weight excluding hydrogens is 398 g/mol. The molecule has 1 aliphatic rings. The van der Waals surface area contributed by atoms with Gasteiger partial charge in [0.2, 0.25) is 0 Å². The van der Waals surface area contributed by atoms with Crippen LogP contribution in [0.15, 0.2) is 30.6 Å². The van der Waals surface area contributed by atoms with E-state index in [1.807, 2.05) is 18.2 Å². The summed E-state index contributed by atoms with van der Waals surface area (Å²) in [4.78, 5) is 16.7. The SMILES string of the molecule is O=C(NC1C(O)CCCC1(F)F)c1nc(-c2cnn3ccccc23)c(Cl)s1. The number of nitrogens with one attached hydrogen (secondary N) is 1. The number of carbonyl (C=O) groups excluding carboxylic acids is 1. The number of alkyl halides is 2. The minimum absolute atomic E-state index is 0.0427. The first kappa shape index (κ1) is 18.3. The maximum Gasteiger partial charge on any atom is 0.280 e. The van der Waals surface area contributed by atoms with Gasteiger partial charge in [-0.05, 0) is 25.0 Å². The number of aromatic nitrogens is 3. The molecule has 142 valence electrons. The summed E-state index contributed by atoms with van der Waals surface area (Å²) in [5.74, 6) is -3.95. The van der Waals surface area contributed by atoms with E-state index in [0.717, 1.165) is 16.9 Å². The third kappa shape index (κ3) is 3.30. The third-order valence-corrected chi connectivity index (χ3v) is 5.85. The number of rotatable bonds is 3. The van der Waals surface area contributed by atoms with E-state index in [2.05, 4.69) is 15.4 Å². The molecule has 1 fully saturated rings. The van der Waals surface area contributed by atoms with Crippen LogP contribution in [-0.2, 0) is 0 Å². The summed E-state index contributed by atoms with van der Waals surface area (Å²) >= 11 is 7.15. The van der Waals surface area contributed by atoms with Crippen molar-refractivity contribution in [1.82, 2.24) is 19.9 Å². The van der Waals surface area contributed by atoms with Gasteiger partial charge < -0.3 is 10.4 Å². The molecule has 10 heteroatoms. The molecule has 4 rings (SSSR count). The van der Waals surface area contributed by atoms with Gasteiger partial charge in [0.1, 0.15) is 16.1 Å². The number of carbonyl (C=O) groups is 1. The van der Waals surface area contributed by atoms with E-state index >= 15 is 0 Å². The molecule has 2 N–H and O–H groups in total. The molecular formula is C17H15ClF2N4O2S. The molecule has 0 radical (unpaired) electrons. The highest BCUT2D eigenvalue weighted by atomic mass is 35.5. The van der Waals surface area contributed by atoms with Gasteiger partial charge in [0.15, 0.2) is 5.01 Å². The highest BCUT2D eigenvalue weighted by Crippen LogP contribution is 2.36. The Morgan fingerprint density at radius 1 is 1.44 bits per heavy atom.